The third-order valence-corrected chi connectivity index (χ3v) is 3.43. The first-order valence-electron chi connectivity index (χ1n) is 7.45. The summed E-state index contributed by atoms with van der Waals surface area (Å²) in [7, 11) is 6.16. The summed E-state index contributed by atoms with van der Waals surface area (Å²) in [6, 6.07) is 4.99. The Hall–Kier alpha value is -2.78. The second-order valence-corrected chi connectivity index (χ2v) is 6.49. The Balaban J connectivity index is 0.000000277. The lowest BCUT2D eigenvalue weighted by molar-refractivity contribution is -0.870. The molecule has 0 saturated carbocycles. The van der Waals surface area contributed by atoms with E-state index in [0.717, 1.165) is 17.1 Å². The fourth-order valence-corrected chi connectivity index (χ4v) is 2.16. The van der Waals surface area contributed by atoms with Gasteiger partial charge in [0.15, 0.2) is 5.69 Å². The maximum Gasteiger partial charge on any atom is 0.298 e. The number of quaternary nitrogens is 1. The first-order valence-corrected chi connectivity index (χ1v) is 7.45. The van der Waals surface area contributed by atoms with Crippen molar-refractivity contribution in [2.24, 2.45) is 0 Å². The van der Waals surface area contributed by atoms with Crippen molar-refractivity contribution in [3.63, 3.8) is 0 Å². The summed E-state index contributed by atoms with van der Waals surface area (Å²) >= 11 is 0. The molecule has 1 aromatic rings. The number of halogens is 1. The number of hydrogen-bond donors (Lipinski definition) is 3. The molecule has 2 aliphatic rings. The summed E-state index contributed by atoms with van der Waals surface area (Å²) in [6.07, 6.45) is 0. The van der Waals surface area contributed by atoms with E-state index in [-0.39, 0.29) is 23.4 Å². The van der Waals surface area contributed by atoms with Gasteiger partial charge < -0.3 is 19.9 Å². The number of pyridine rings is 1. The molecule has 9 heteroatoms. The highest BCUT2D eigenvalue weighted by molar-refractivity contribution is 5.86. The first-order chi connectivity index (χ1) is 11.6. The quantitative estimate of drug-likeness (QED) is 0.356. The number of fused-ring (bicyclic) bond motifs is 2. The Labute approximate surface area is 142 Å². The molecular weight excluding hydrogens is 331 g/mol. The van der Waals surface area contributed by atoms with Crippen molar-refractivity contribution >= 4 is 10.9 Å². The topological polar surface area (TPSA) is 108 Å². The van der Waals surface area contributed by atoms with Crippen LogP contribution < -0.4 is 5.56 Å². The fraction of sp³-hybridized carbons (Fsp3) is 0.312. The summed E-state index contributed by atoms with van der Waals surface area (Å²) in [5.74, 6) is -1.07. The molecule has 0 amide bonds. The molecule has 0 aliphatic carbocycles. The highest BCUT2D eigenvalue weighted by atomic mass is 19.1. The van der Waals surface area contributed by atoms with Crippen molar-refractivity contribution in [3.05, 3.63) is 40.4 Å². The molecule has 0 bridgehead atoms. The molecule has 0 aromatic heterocycles. The Morgan fingerprint density at radius 1 is 1.20 bits per heavy atom. The predicted molar refractivity (Wildman–Crippen MR) is 89.2 cm³/mol. The molecule has 2 heterocycles. The lowest BCUT2D eigenvalue weighted by atomic mass is 10.1. The van der Waals surface area contributed by atoms with Gasteiger partial charge in [-0.05, 0) is 24.3 Å². The van der Waals surface area contributed by atoms with Crippen LogP contribution in [0.3, 0.4) is 0 Å². The van der Waals surface area contributed by atoms with E-state index in [1.807, 2.05) is 0 Å². The molecule has 3 N–H and O–H groups in total. The van der Waals surface area contributed by atoms with Crippen LogP contribution in [0.25, 0.3) is 22.2 Å². The highest BCUT2D eigenvalue weighted by Crippen LogP contribution is 2.29. The molecule has 25 heavy (non-hydrogen) atoms. The number of benzene rings is 1. The van der Waals surface area contributed by atoms with Gasteiger partial charge >= 0.3 is 0 Å². The monoisotopic (exact) mass is 351 g/mol. The number of aromatic nitrogens is 3. The van der Waals surface area contributed by atoms with Crippen molar-refractivity contribution in [3.8, 4) is 17.1 Å². The van der Waals surface area contributed by atoms with Crippen LogP contribution in [-0.2, 0) is 0 Å². The molecule has 8 nitrogen and oxygen atoms in total. The number of aliphatic hydroxyl groups excluding tert-OH is 1. The van der Waals surface area contributed by atoms with Crippen molar-refractivity contribution in [2.75, 3.05) is 34.3 Å². The summed E-state index contributed by atoms with van der Waals surface area (Å²) in [5.41, 5.74) is -0.666. The molecule has 3 rings (SSSR count). The SMILES string of the molecule is C[N+](C)(C)CCO.O=c1nnc(O)c2n(O)c3ccc(F)cc3cc1-2. The Morgan fingerprint density at radius 3 is 2.44 bits per heavy atom. The summed E-state index contributed by atoms with van der Waals surface area (Å²) < 4.78 is 14.5. The van der Waals surface area contributed by atoms with Gasteiger partial charge in [0.1, 0.15) is 12.4 Å². The molecule has 134 valence electrons. The molecule has 1 aromatic carbocycles. The number of nitrogens with zero attached hydrogens (tertiary/aromatic N) is 4. The van der Waals surface area contributed by atoms with E-state index in [4.69, 9.17) is 5.11 Å². The lowest BCUT2D eigenvalue weighted by Gasteiger charge is -2.21. The van der Waals surface area contributed by atoms with Crippen LogP contribution >= 0.6 is 0 Å². The lowest BCUT2D eigenvalue weighted by Crippen LogP contribution is -2.36. The minimum absolute atomic E-state index is 0.0388. The van der Waals surface area contributed by atoms with Gasteiger partial charge in [0, 0.05) is 5.39 Å². The molecule has 0 radical (unpaired) electrons. The Morgan fingerprint density at radius 2 is 1.88 bits per heavy atom. The average molecular weight is 351 g/mol. The van der Waals surface area contributed by atoms with E-state index in [1.165, 1.54) is 18.2 Å². The standard InChI is InChI=1S/C11H6FN3O3.C5H14NO/c12-6-1-2-8-5(3-6)4-7-9(15(8)18)11(17)14-13-10(7)16;1-6(2,3)4-5-7/h1-4,17-18H;7H,4-5H2,1-3H3/q;+1. The zero-order valence-corrected chi connectivity index (χ0v) is 14.1. The second kappa shape index (κ2) is 6.99. The summed E-state index contributed by atoms with van der Waals surface area (Å²) in [6.45, 7) is 1.11. The van der Waals surface area contributed by atoms with E-state index in [9.17, 15) is 19.5 Å². The van der Waals surface area contributed by atoms with Crippen LogP contribution in [0.15, 0.2) is 29.1 Å². The van der Waals surface area contributed by atoms with Crippen molar-refractivity contribution in [2.45, 2.75) is 0 Å². The molecule has 0 spiro atoms. The third-order valence-electron chi connectivity index (χ3n) is 3.43. The van der Waals surface area contributed by atoms with Crippen LogP contribution in [0.2, 0.25) is 0 Å². The number of likely N-dealkylation sites (N-methyl/N-ethyl adjacent to an activating group) is 1. The van der Waals surface area contributed by atoms with E-state index >= 15 is 0 Å². The van der Waals surface area contributed by atoms with Crippen molar-refractivity contribution in [1.82, 2.24) is 14.9 Å². The fourth-order valence-electron chi connectivity index (χ4n) is 2.16. The molecule has 2 aliphatic heterocycles. The maximum atomic E-state index is 13.1. The number of rotatable bonds is 2. The molecule has 0 atom stereocenters. The maximum absolute atomic E-state index is 13.1. The van der Waals surface area contributed by atoms with Gasteiger partial charge in [0.25, 0.3) is 11.4 Å². The largest absolute Gasteiger partial charge is 0.491 e. The van der Waals surface area contributed by atoms with Gasteiger partial charge in [-0.1, -0.05) is 0 Å². The smallest absolute Gasteiger partial charge is 0.298 e. The van der Waals surface area contributed by atoms with Crippen LogP contribution in [0, 0.1) is 5.82 Å². The highest BCUT2D eigenvalue weighted by Gasteiger charge is 2.20. The van der Waals surface area contributed by atoms with Crippen LogP contribution in [0.5, 0.6) is 5.88 Å². The van der Waals surface area contributed by atoms with Crippen molar-refractivity contribution < 1.29 is 24.3 Å². The zero-order valence-electron chi connectivity index (χ0n) is 14.1. The third kappa shape index (κ3) is 4.20. The summed E-state index contributed by atoms with van der Waals surface area (Å²) in [5, 5.41) is 34.6. The van der Waals surface area contributed by atoms with E-state index in [0.29, 0.717) is 10.1 Å². The minimum atomic E-state index is -0.711. The van der Waals surface area contributed by atoms with E-state index in [2.05, 4.69) is 31.3 Å². The Bertz CT molecular complexity index is 920. The van der Waals surface area contributed by atoms with Crippen LogP contribution in [0.4, 0.5) is 4.39 Å². The van der Waals surface area contributed by atoms with Gasteiger partial charge in [0.05, 0.1) is 38.8 Å². The van der Waals surface area contributed by atoms with Crippen LogP contribution in [0.1, 0.15) is 0 Å². The van der Waals surface area contributed by atoms with Crippen LogP contribution in [-0.4, -0.2) is 69.1 Å². The second-order valence-electron chi connectivity index (χ2n) is 6.49. The number of aliphatic hydroxyl groups is 1. The molecular formula is C16H20FN4O4+. The van der Waals surface area contributed by atoms with Crippen molar-refractivity contribution in [1.29, 1.82) is 0 Å². The molecule has 0 fully saturated rings. The molecule has 0 unspecified atom stereocenters. The zero-order chi connectivity index (χ0) is 18.8. The van der Waals surface area contributed by atoms with Gasteiger partial charge in [-0.25, -0.2) is 4.39 Å². The van der Waals surface area contributed by atoms with Gasteiger partial charge in [-0.3, -0.25) is 4.79 Å². The average Bonchev–Trinajstić information content (AvgIpc) is 2.50. The molecule has 0 saturated heterocycles. The predicted octanol–water partition coefficient (Wildman–Crippen LogP) is 0.663. The first kappa shape index (κ1) is 18.6. The minimum Gasteiger partial charge on any atom is -0.491 e. The van der Waals surface area contributed by atoms with E-state index in [1.54, 1.807) is 0 Å². The van der Waals surface area contributed by atoms with Gasteiger partial charge in [0.2, 0.25) is 0 Å². The van der Waals surface area contributed by atoms with E-state index < -0.39 is 17.3 Å². The number of hydrogen-bond acceptors (Lipinski definition) is 6. The van der Waals surface area contributed by atoms with Gasteiger partial charge in [-0.15, -0.1) is 10.2 Å². The summed E-state index contributed by atoms with van der Waals surface area (Å²) in [4.78, 5) is 11.5. The number of aromatic hydroxyl groups is 1. The normalized spacial score (nSPS) is 11.4. The Kier molecular flexibility index (Phi) is 5.19. The van der Waals surface area contributed by atoms with Gasteiger partial charge in [-0.2, -0.15) is 4.73 Å².